The van der Waals surface area contributed by atoms with Crippen LogP contribution < -0.4 is 16.2 Å². The second kappa shape index (κ2) is 8.19. The van der Waals surface area contributed by atoms with Crippen LogP contribution in [0, 0.1) is 11.7 Å². The van der Waals surface area contributed by atoms with Gasteiger partial charge in [-0.25, -0.2) is 4.39 Å². The van der Waals surface area contributed by atoms with Crippen LogP contribution in [0.2, 0.25) is 0 Å². The number of benzene rings is 1. The third-order valence-corrected chi connectivity index (χ3v) is 2.70. The molecule has 5 heteroatoms. The largest absolute Gasteiger partial charge is 0.376 e. The molecule has 0 bridgehead atoms. The Labute approximate surface area is 119 Å². The molecular weight excluding hydrogens is 257 g/mol. The summed E-state index contributed by atoms with van der Waals surface area (Å²) in [7, 11) is 0. The molecule has 0 radical (unpaired) electrons. The van der Waals surface area contributed by atoms with E-state index in [1.54, 1.807) is 12.1 Å². The van der Waals surface area contributed by atoms with Gasteiger partial charge in [-0.1, -0.05) is 20.4 Å². The van der Waals surface area contributed by atoms with Crippen LogP contribution in [0.25, 0.3) is 0 Å². The first-order valence-corrected chi connectivity index (χ1v) is 6.69. The molecule has 0 heterocycles. The molecule has 0 spiro atoms. The normalized spacial score (nSPS) is 10.2. The van der Waals surface area contributed by atoms with Gasteiger partial charge in [0.1, 0.15) is 5.82 Å². The Hall–Kier alpha value is -2.04. The number of hydrogen-bond donors (Lipinski definition) is 3. The van der Waals surface area contributed by atoms with E-state index in [-0.39, 0.29) is 18.3 Å². The van der Waals surface area contributed by atoms with Crippen LogP contribution in [0.5, 0.6) is 0 Å². The van der Waals surface area contributed by atoms with Crippen molar-refractivity contribution in [2.75, 3.05) is 11.9 Å². The highest BCUT2D eigenvalue weighted by molar-refractivity contribution is 5.80. The Morgan fingerprint density at radius 2 is 1.90 bits per heavy atom. The van der Waals surface area contributed by atoms with E-state index in [0.717, 1.165) is 18.5 Å². The van der Waals surface area contributed by atoms with Gasteiger partial charge in [0.2, 0.25) is 0 Å². The summed E-state index contributed by atoms with van der Waals surface area (Å²) < 4.78 is 12.7. The van der Waals surface area contributed by atoms with Crippen molar-refractivity contribution < 1.29 is 9.18 Å². The van der Waals surface area contributed by atoms with Gasteiger partial charge >= 0.3 is 0 Å². The lowest BCUT2D eigenvalue weighted by Gasteiger charge is -2.12. The number of rotatable bonds is 8. The first-order chi connectivity index (χ1) is 9.47. The zero-order valence-electron chi connectivity index (χ0n) is 12.0. The monoisotopic (exact) mass is 279 g/mol. The van der Waals surface area contributed by atoms with Crippen molar-refractivity contribution in [3.8, 4) is 0 Å². The number of allylic oxidation sites excluding steroid dienone is 1. The number of hydrogen-bond acceptors (Lipinski definition) is 3. The second-order valence-electron chi connectivity index (χ2n) is 5.07. The SMILES string of the molecule is C=C(CCC(C)C)NNC(=O)CNc1ccc(F)cc1. The van der Waals surface area contributed by atoms with E-state index < -0.39 is 0 Å². The molecule has 0 aliphatic carbocycles. The summed E-state index contributed by atoms with van der Waals surface area (Å²) in [5.41, 5.74) is 6.83. The number of nitrogens with one attached hydrogen (secondary N) is 3. The summed E-state index contributed by atoms with van der Waals surface area (Å²) >= 11 is 0. The van der Waals surface area contributed by atoms with Gasteiger partial charge in [0.25, 0.3) is 5.91 Å². The van der Waals surface area contributed by atoms with Crippen LogP contribution in [0.3, 0.4) is 0 Å². The van der Waals surface area contributed by atoms with E-state index in [9.17, 15) is 9.18 Å². The van der Waals surface area contributed by atoms with Gasteiger partial charge in [0.15, 0.2) is 0 Å². The molecule has 0 aliphatic rings. The highest BCUT2D eigenvalue weighted by atomic mass is 19.1. The number of carbonyl (C=O) groups is 1. The van der Waals surface area contributed by atoms with Gasteiger partial charge in [0, 0.05) is 11.4 Å². The van der Waals surface area contributed by atoms with Gasteiger partial charge in [-0.2, -0.15) is 0 Å². The van der Waals surface area contributed by atoms with Crippen molar-refractivity contribution in [1.29, 1.82) is 0 Å². The molecule has 110 valence electrons. The topological polar surface area (TPSA) is 53.2 Å². The first-order valence-electron chi connectivity index (χ1n) is 6.69. The molecule has 1 rings (SSSR count). The molecule has 0 aromatic heterocycles. The van der Waals surface area contributed by atoms with Crippen LogP contribution in [-0.2, 0) is 4.79 Å². The summed E-state index contributed by atoms with van der Waals surface area (Å²) in [5.74, 6) is 0.0903. The average molecular weight is 279 g/mol. The van der Waals surface area contributed by atoms with Crippen molar-refractivity contribution in [2.45, 2.75) is 26.7 Å². The van der Waals surface area contributed by atoms with Crippen LogP contribution >= 0.6 is 0 Å². The van der Waals surface area contributed by atoms with Gasteiger partial charge in [-0.15, -0.1) is 0 Å². The van der Waals surface area contributed by atoms with Crippen molar-refractivity contribution >= 4 is 11.6 Å². The Kier molecular flexibility index (Phi) is 6.56. The van der Waals surface area contributed by atoms with Crippen LogP contribution in [0.4, 0.5) is 10.1 Å². The summed E-state index contributed by atoms with van der Waals surface area (Å²) in [4.78, 5) is 11.6. The minimum absolute atomic E-state index is 0.107. The van der Waals surface area contributed by atoms with Crippen LogP contribution in [0.15, 0.2) is 36.5 Å². The Balaban J connectivity index is 2.20. The number of amides is 1. The van der Waals surface area contributed by atoms with Crippen molar-refractivity contribution in [1.82, 2.24) is 10.9 Å². The molecule has 4 nitrogen and oxygen atoms in total. The van der Waals surface area contributed by atoms with Crippen molar-refractivity contribution in [3.63, 3.8) is 0 Å². The summed E-state index contributed by atoms with van der Waals surface area (Å²) in [6.45, 7) is 8.22. The molecule has 0 fully saturated rings. The molecule has 0 unspecified atom stereocenters. The Morgan fingerprint density at radius 1 is 1.25 bits per heavy atom. The molecule has 3 N–H and O–H groups in total. The minimum atomic E-state index is -0.303. The van der Waals surface area contributed by atoms with Gasteiger partial charge in [0.05, 0.1) is 6.54 Å². The van der Waals surface area contributed by atoms with E-state index in [4.69, 9.17) is 0 Å². The van der Waals surface area contributed by atoms with Gasteiger partial charge < -0.3 is 10.7 Å². The zero-order valence-corrected chi connectivity index (χ0v) is 12.0. The lowest BCUT2D eigenvalue weighted by molar-refractivity contribution is -0.120. The van der Waals surface area contributed by atoms with E-state index in [2.05, 4.69) is 36.6 Å². The molecule has 0 atom stereocenters. The van der Waals surface area contributed by atoms with Crippen molar-refractivity contribution in [3.05, 3.63) is 42.4 Å². The third kappa shape index (κ3) is 6.78. The molecular formula is C15H22FN3O. The second-order valence-corrected chi connectivity index (χ2v) is 5.07. The first kappa shape index (κ1) is 16.0. The maximum atomic E-state index is 12.7. The fourth-order valence-corrected chi connectivity index (χ4v) is 1.48. The predicted octanol–water partition coefficient (Wildman–Crippen LogP) is 2.81. The average Bonchev–Trinajstić information content (AvgIpc) is 2.42. The fourth-order valence-electron chi connectivity index (χ4n) is 1.48. The van der Waals surface area contributed by atoms with Gasteiger partial charge in [-0.05, 0) is 43.0 Å². The summed E-state index contributed by atoms with van der Waals surface area (Å²) in [5, 5.41) is 2.90. The fraction of sp³-hybridized carbons (Fsp3) is 0.400. The maximum Gasteiger partial charge on any atom is 0.257 e. The Morgan fingerprint density at radius 3 is 2.50 bits per heavy atom. The smallest absolute Gasteiger partial charge is 0.257 e. The zero-order chi connectivity index (χ0) is 15.0. The number of hydrazine groups is 1. The lowest BCUT2D eigenvalue weighted by Crippen LogP contribution is -2.39. The van der Waals surface area contributed by atoms with Crippen LogP contribution in [0.1, 0.15) is 26.7 Å². The summed E-state index contributed by atoms with van der Waals surface area (Å²) in [6, 6.07) is 5.84. The lowest BCUT2D eigenvalue weighted by atomic mass is 10.1. The molecule has 1 amide bonds. The quantitative estimate of drug-likeness (QED) is 0.641. The molecule has 0 saturated heterocycles. The predicted molar refractivity (Wildman–Crippen MR) is 79.4 cm³/mol. The highest BCUT2D eigenvalue weighted by Crippen LogP contribution is 2.08. The van der Waals surface area contributed by atoms with Gasteiger partial charge in [-0.3, -0.25) is 10.2 Å². The van der Waals surface area contributed by atoms with E-state index >= 15 is 0 Å². The van der Waals surface area contributed by atoms with E-state index in [0.29, 0.717) is 11.6 Å². The molecule has 1 aromatic rings. The Bertz CT molecular complexity index is 443. The maximum absolute atomic E-state index is 12.7. The molecule has 0 aliphatic heterocycles. The molecule has 20 heavy (non-hydrogen) atoms. The highest BCUT2D eigenvalue weighted by Gasteiger charge is 2.02. The number of carbonyl (C=O) groups excluding carboxylic acids is 1. The molecule has 0 saturated carbocycles. The minimum Gasteiger partial charge on any atom is -0.376 e. The van der Waals surface area contributed by atoms with Crippen LogP contribution in [-0.4, -0.2) is 12.5 Å². The van der Waals surface area contributed by atoms with E-state index in [1.165, 1.54) is 12.1 Å². The number of anilines is 1. The standard InChI is InChI=1S/C15H22FN3O/c1-11(2)4-5-12(3)18-19-15(20)10-17-14-8-6-13(16)7-9-14/h6-9,11,17-18H,3-5,10H2,1-2H3,(H,19,20). The summed E-state index contributed by atoms with van der Waals surface area (Å²) in [6.07, 6.45) is 1.85. The van der Waals surface area contributed by atoms with E-state index in [1.807, 2.05) is 0 Å². The third-order valence-electron chi connectivity index (χ3n) is 2.70. The van der Waals surface area contributed by atoms with Crippen molar-refractivity contribution in [2.24, 2.45) is 5.92 Å². The number of halogens is 1. The molecule has 1 aromatic carbocycles.